The Morgan fingerprint density at radius 3 is 2.55 bits per heavy atom. The van der Waals surface area contributed by atoms with Gasteiger partial charge in [-0.3, -0.25) is 9.59 Å². The van der Waals surface area contributed by atoms with Crippen LogP contribution in [0.3, 0.4) is 0 Å². The number of nitrogens with one attached hydrogen (secondary N) is 1. The lowest BCUT2D eigenvalue weighted by Crippen LogP contribution is -2.54. The van der Waals surface area contributed by atoms with Crippen molar-refractivity contribution in [2.75, 3.05) is 78.1 Å². The highest BCUT2D eigenvalue weighted by molar-refractivity contribution is 5.98. The van der Waals surface area contributed by atoms with Crippen LogP contribution in [-0.2, 0) is 9.53 Å². The second kappa shape index (κ2) is 15.6. The van der Waals surface area contributed by atoms with Gasteiger partial charge in [0.05, 0.1) is 38.4 Å². The smallest absolute Gasteiger partial charge is 0.275 e. The van der Waals surface area contributed by atoms with Crippen molar-refractivity contribution in [3.63, 3.8) is 0 Å². The number of methoxy groups -OCH3 is 2. The quantitative estimate of drug-likeness (QED) is 0.314. The molecular weight excluding hydrogens is 624 g/mol. The Morgan fingerprint density at radius 1 is 1.02 bits per heavy atom. The summed E-state index contributed by atoms with van der Waals surface area (Å²) in [6, 6.07) is 15.5. The molecule has 0 spiro atoms. The molecule has 0 unspecified atom stereocenters. The van der Waals surface area contributed by atoms with Crippen LogP contribution in [0.15, 0.2) is 54.9 Å². The van der Waals surface area contributed by atoms with E-state index in [1.807, 2.05) is 62.9 Å². The highest BCUT2D eigenvalue weighted by atomic mass is 16.5. The Balaban J connectivity index is 1.17. The van der Waals surface area contributed by atoms with Crippen molar-refractivity contribution in [1.29, 1.82) is 0 Å². The van der Waals surface area contributed by atoms with Gasteiger partial charge in [-0.15, -0.1) is 0 Å². The molecule has 2 saturated heterocycles. The maximum atomic E-state index is 14.4. The fourth-order valence-electron chi connectivity index (χ4n) is 7.64. The van der Waals surface area contributed by atoms with Gasteiger partial charge in [0.2, 0.25) is 5.91 Å². The second-order valence-corrected chi connectivity index (χ2v) is 13.3. The number of anilines is 1. The minimum absolute atomic E-state index is 0.0991. The number of hydrogen-bond donors (Lipinski definition) is 2. The molecule has 12 heteroatoms. The summed E-state index contributed by atoms with van der Waals surface area (Å²) in [4.78, 5) is 36.9. The van der Waals surface area contributed by atoms with Gasteiger partial charge >= 0.3 is 0 Å². The van der Waals surface area contributed by atoms with Crippen LogP contribution in [0, 0.1) is 0 Å². The van der Waals surface area contributed by atoms with Crippen LogP contribution < -0.4 is 19.7 Å². The molecule has 3 heterocycles. The van der Waals surface area contributed by atoms with Crippen molar-refractivity contribution >= 4 is 17.5 Å². The fourth-order valence-corrected chi connectivity index (χ4v) is 7.64. The maximum Gasteiger partial charge on any atom is 0.275 e. The predicted molar refractivity (Wildman–Crippen MR) is 187 cm³/mol. The Hall–Kier alpha value is -4.13. The molecule has 3 atom stereocenters. The fraction of sp³-hybridized carbons (Fsp3) is 0.541. The van der Waals surface area contributed by atoms with Crippen LogP contribution >= 0.6 is 0 Å². The van der Waals surface area contributed by atoms with Gasteiger partial charge < -0.3 is 43.9 Å². The SMILES string of the molecule is COC[C@]1(O)CCCC[C@H]1n1cnc(C(=O)N2CCNC[C@H]2CCOc2ccc(N3CCN(C(C)=O)CC3)cc2OC)c1-c1ccccc1. The van der Waals surface area contributed by atoms with Crippen molar-refractivity contribution in [3.8, 4) is 22.8 Å². The third-order valence-electron chi connectivity index (χ3n) is 10.3. The Kier molecular flexibility index (Phi) is 11.1. The molecule has 2 N–H and O–H groups in total. The van der Waals surface area contributed by atoms with E-state index in [-0.39, 0.29) is 30.5 Å². The van der Waals surface area contributed by atoms with Crippen molar-refractivity contribution in [2.45, 2.75) is 56.7 Å². The van der Waals surface area contributed by atoms with Crippen LogP contribution in [0.25, 0.3) is 11.3 Å². The molecule has 2 aromatic carbocycles. The van der Waals surface area contributed by atoms with Gasteiger partial charge in [-0.2, -0.15) is 0 Å². The lowest BCUT2D eigenvalue weighted by atomic mass is 9.80. The number of benzene rings is 2. The van der Waals surface area contributed by atoms with Crippen molar-refractivity contribution in [2.24, 2.45) is 0 Å². The van der Waals surface area contributed by atoms with Gasteiger partial charge in [0.25, 0.3) is 5.91 Å². The molecule has 2 amide bonds. The normalized spacial score (nSPS) is 23.0. The summed E-state index contributed by atoms with van der Waals surface area (Å²) in [5.41, 5.74) is 2.00. The van der Waals surface area contributed by atoms with E-state index >= 15 is 0 Å². The number of rotatable bonds is 11. The number of amides is 2. The number of aromatic nitrogens is 2. The average molecular weight is 675 g/mol. The summed E-state index contributed by atoms with van der Waals surface area (Å²) in [5, 5.41) is 15.2. The molecule has 49 heavy (non-hydrogen) atoms. The first-order valence-corrected chi connectivity index (χ1v) is 17.5. The van der Waals surface area contributed by atoms with E-state index in [4.69, 9.17) is 19.2 Å². The topological polar surface area (TPSA) is 122 Å². The van der Waals surface area contributed by atoms with E-state index in [2.05, 4.69) is 10.2 Å². The molecule has 2 aliphatic heterocycles. The van der Waals surface area contributed by atoms with Crippen LogP contribution in [0.4, 0.5) is 5.69 Å². The number of ether oxygens (including phenoxy) is 3. The van der Waals surface area contributed by atoms with E-state index in [0.29, 0.717) is 69.4 Å². The standard InChI is InChI=1S/C37H50N6O6/c1-27(44)40-18-20-41(21-19-40)29-12-13-31(32(23-29)48-3)49-22-14-30-24-38-16-17-42(30)36(45)34-35(28-9-5-4-6-10-28)43(26-39-34)33-11-7-8-15-37(33,46)25-47-2/h4-6,9-10,12-13,23,26,30,33,38,46H,7-8,11,14-22,24-25H2,1-3H3/t30-,33-,37-/m1/s1. The first kappa shape index (κ1) is 34.7. The number of piperazine rings is 2. The van der Waals surface area contributed by atoms with Gasteiger partial charge in [-0.25, -0.2) is 4.98 Å². The number of nitrogens with zero attached hydrogens (tertiary/aromatic N) is 5. The van der Waals surface area contributed by atoms with E-state index in [0.717, 1.165) is 49.3 Å². The number of carbonyl (C=O) groups is 2. The van der Waals surface area contributed by atoms with Gasteiger partial charge in [0, 0.05) is 89.6 Å². The zero-order chi connectivity index (χ0) is 34.4. The molecule has 264 valence electrons. The third kappa shape index (κ3) is 7.56. The molecule has 0 radical (unpaired) electrons. The molecular formula is C37H50N6O6. The summed E-state index contributed by atoms with van der Waals surface area (Å²) >= 11 is 0. The van der Waals surface area contributed by atoms with Crippen molar-refractivity contribution in [3.05, 3.63) is 60.6 Å². The van der Waals surface area contributed by atoms with Crippen LogP contribution in [0.5, 0.6) is 11.5 Å². The first-order chi connectivity index (χ1) is 23.8. The van der Waals surface area contributed by atoms with Crippen LogP contribution in [0.2, 0.25) is 0 Å². The number of imidazole rings is 1. The largest absolute Gasteiger partial charge is 0.493 e. The third-order valence-corrected chi connectivity index (χ3v) is 10.3. The second-order valence-electron chi connectivity index (χ2n) is 13.3. The molecule has 3 aromatic rings. The zero-order valence-corrected chi connectivity index (χ0v) is 29.0. The summed E-state index contributed by atoms with van der Waals surface area (Å²) in [7, 11) is 3.25. The summed E-state index contributed by atoms with van der Waals surface area (Å²) in [6.07, 6.45) is 5.67. The Morgan fingerprint density at radius 2 is 1.82 bits per heavy atom. The zero-order valence-electron chi connectivity index (χ0n) is 29.0. The number of hydrogen-bond acceptors (Lipinski definition) is 9. The number of aliphatic hydroxyl groups is 1. The average Bonchev–Trinajstić information content (AvgIpc) is 3.57. The van der Waals surface area contributed by atoms with Crippen LogP contribution in [-0.4, -0.2) is 121 Å². The molecule has 1 aliphatic carbocycles. The summed E-state index contributed by atoms with van der Waals surface area (Å²) in [5.74, 6) is 1.28. The first-order valence-electron chi connectivity index (χ1n) is 17.5. The van der Waals surface area contributed by atoms with Crippen LogP contribution in [0.1, 0.15) is 55.6 Å². The molecule has 0 bridgehead atoms. The summed E-state index contributed by atoms with van der Waals surface area (Å²) in [6.45, 7) is 7.05. The summed E-state index contributed by atoms with van der Waals surface area (Å²) < 4.78 is 19.4. The lowest BCUT2D eigenvalue weighted by Gasteiger charge is -2.41. The van der Waals surface area contributed by atoms with Gasteiger partial charge in [-0.05, 0) is 25.0 Å². The molecule has 1 aromatic heterocycles. The molecule has 12 nitrogen and oxygen atoms in total. The molecule has 3 aliphatic rings. The van der Waals surface area contributed by atoms with Crippen molar-refractivity contribution in [1.82, 2.24) is 24.7 Å². The molecule has 1 saturated carbocycles. The Bertz CT molecular complexity index is 1570. The van der Waals surface area contributed by atoms with E-state index in [1.54, 1.807) is 27.5 Å². The molecule has 6 rings (SSSR count). The van der Waals surface area contributed by atoms with E-state index < -0.39 is 5.60 Å². The number of carbonyl (C=O) groups excluding carboxylic acids is 2. The minimum Gasteiger partial charge on any atom is -0.493 e. The highest BCUT2D eigenvalue weighted by Crippen LogP contribution is 2.41. The van der Waals surface area contributed by atoms with Crippen molar-refractivity contribution < 1.29 is 28.9 Å². The van der Waals surface area contributed by atoms with Gasteiger partial charge in [0.1, 0.15) is 5.60 Å². The minimum atomic E-state index is -1.05. The molecule has 3 fully saturated rings. The monoisotopic (exact) mass is 674 g/mol. The predicted octanol–water partition coefficient (Wildman–Crippen LogP) is 3.60. The van der Waals surface area contributed by atoms with Gasteiger partial charge in [0.15, 0.2) is 17.2 Å². The highest BCUT2D eigenvalue weighted by Gasteiger charge is 2.42. The van der Waals surface area contributed by atoms with Gasteiger partial charge in [-0.1, -0.05) is 43.2 Å². The van der Waals surface area contributed by atoms with E-state index in [9.17, 15) is 14.7 Å². The maximum absolute atomic E-state index is 14.4. The lowest BCUT2D eigenvalue weighted by molar-refractivity contribution is -0.129. The Labute approximate surface area is 288 Å². The van der Waals surface area contributed by atoms with E-state index in [1.165, 1.54) is 0 Å².